The maximum absolute atomic E-state index is 13.5. The number of esters is 1. The summed E-state index contributed by atoms with van der Waals surface area (Å²) >= 11 is 6.71. The van der Waals surface area contributed by atoms with Gasteiger partial charge in [-0.3, -0.25) is 9.69 Å². The molecule has 4 rings (SSSR count). The number of carbonyl (C=O) groups excluding carboxylic acids is 2. The fourth-order valence-corrected chi connectivity index (χ4v) is 4.85. The first-order chi connectivity index (χ1) is 17.4. The number of aryl methyl sites for hydroxylation is 2. The van der Waals surface area contributed by atoms with Gasteiger partial charge in [-0.1, -0.05) is 67.4 Å². The summed E-state index contributed by atoms with van der Waals surface area (Å²) in [5.41, 5.74) is 8.30. The zero-order valence-electron chi connectivity index (χ0n) is 20.7. The van der Waals surface area contributed by atoms with Gasteiger partial charge < -0.3 is 19.7 Å². The Labute approximate surface area is 215 Å². The van der Waals surface area contributed by atoms with Crippen molar-refractivity contribution in [1.82, 2.24) is 10.1 Å². The zero-order chi connectivity index (χ0) is 25.7. The van der Waals surface area contributed by atoms with Gasteiger partial charge in [-0.05, 0) is 44.8 Å². The lowest BCUT2D eigenvalue weighted by Crippen LogP contribution is -2.43. The second kappa shape index (κ2) is 11.8. The van der Waals surface area contributed by atoms with Crippen LogP contribution in [0.25, 0.3) is 11.0 Å². The van der Waals surface area contributed by atoms with Crippen molar-refractivity contribution in [3.63, 3.8) is 0 Å². The summed E-state index contributed by atoms with van der Waals surface area (Å²) in [5.74, 6) is -1.07. The number of ether oxygens (including phenoxy) is 2. The van der Waals surface area contributed by atoms with Gasteiger partial charge in [0.05, 0.1) is 10.7 Å². The van der Waals surface area contributed by atoms with E-state index in [1.165, 1.54) is 0 Å². The summed E-state index contributed by atoms with van der Waals surface area (Å²) in [6.45, 7) is 5.97. The Kier molecular flexibility index (Phi) is 8.48. The monoisotopic (exact) mass is 513 g/mol. The van der Waals surface area contributed by atoms with E-state index >= 15 is 0 Å². The van der Waals surface area contributed by atoms with Crippen LogP contribution in [0.4, 0.5) is 0 Å². The van der Waals surface area contributed by atoms with Crippen LogP contribution in [-0.4, -0.2) is 47.7 Å². The highest BCUT2D eigenvalue weighted by molar-refractivity contribution is 6.33. The van der Waals surface area contributed by atoms with Gasteiger partial charge in [-0.25, -0.2) is 4.79 Å². The number of benzene rings is 2. The van der Waals surface area contributed by atoms with E-state index in [9.17, 15) is 9.59 Å². The summed E-state index contributed by atoms with van der Waals surface area (Å²) in [6.07, 6.45) is 1.94. The fraction of sp³-hybridized carbons (Fsp3) is 0.444. The van der Waals surface area contributed by atoms with Crippen LogP contribution in [0.5, 0.6) is 5.75 Å². The number of nitrogens with zero attached hydrogens (tertiary/aromatic N) is 2. The lowest BCUT2D eigenvalue weighted by molar-refractivity contribution is -0.163. The Hall–Kier alpha value is -3.10. The van der Waals surface area contributed by atoms with Gasteiger partial charge in [-0.2, -0.15) is 0 Å². The first-order valence-corrected chi connectivity index (χ1v) is 12.8. The molecule has 9 heteroatoms. The number of hydrogen-bond acceptors (Lipinski definition) is 7. The number of hydrogen-bond donors (Lipinski definition) is 1. The third-order valence-corrected chi connectivity index (χ3v) is 6.71. The second-order valence-electron chi connectivity index (χ2n) is 9.02. The van der Waals surface area contributed by atoms with E-state index in [0.717, 1.165) is 49.0 Å². The normalized spacial score (nSPS) is 15.6. The molecule has 192 valence electrons. The molecular formula is C27H32ClN3O5. The number of amides is 1. The number of aromatic nitrogens is 1. The molecule has 0 spiro atoms. The number of nitrogens with two attached hydrogens (primary N) is 1. The topological polar surface area (TPSA) is 108 Å². The molecule has 1 fully saturated rings. The molecule has 36 heavy (non-hydrogen) atoms. The lowest BCUT2D eigenvalue weighted by atomic mass is 10.0. The molecule has 3 aromatic rings. The largest absolute Gasteiger partial charge is 0.472 e. The van der Waals surface area contributed by atoms with E-state index < -0.39 is 24.1 Å². The predicted molar refractivity (Wildman–Crippen MR) is 137 cm³/mol. The summed E-state index contributed by atoms with van der Waals surface area (Å²) < 4.78 is 17.6. The summed E-state index contributed by atoms with van der Waals surface area (Å²) in [5, 5.41) is 5.36. The van der Waals surface area contributed by atoms with E-state index in [1.54, 1.807) is 30.3 Å². The number of carbonyl (C=O) groups is 2. The van der Waals surface area contributed by atoms with Gasteiger partial charge in [0.25, 0.3) is 5.91 Å². The van der Waals surface area contributed by atoms with Crippen molar-refractivity contribution in [3.8, 4) is 5.75 Å². The molecule has 2 aromatic carbocycles. The third-order valence-electron chi connectivity index (χ3n) is 6.42. The number of fused-ring (bicyclic) bond motifs is 1. The fourth-order valence-electron chi connectivity index (χ4n) is 4.58. The van der Waals surface area contributed by atoms with E-state index in [1.807, 2.05) is 19.9 Å². The molecular weight excluding hydrogens is 482 g/mol. The SMILES string of the molecule is CCCc1c(OC(C(=O)O[C@H](CN2CCCC2)C(N)=O)c2ccccc2)c(Cl)cc2c(CC)noc12. The van der Waals surface area contributed by atoms with Crippen molar-refractivity contribution in [1.29, 1.82) is 0 Å². The lowest BCUT2D eigenvalue weighted by Gasteiger charge is -2.25. The van der Waals surface area contributed by atoms with Crippen LogP contribution in [0.3, 0.4) is 0 Å². The molecule has 1 saturated heterocycles. The van der Waals surface area contributed by atoms with Gasteiger partial charge in [0.1, 0.15) is 5.75 Å². The molecule has 2 N–H and O–H groups in total. The molecule has 2 heterocycles. The first kappa shape index (κ1) is 26.0. The highest BCUT2D eigenvalue weighted by Crippen LogP contribution is 2.40. The molecule has 1 aromatic heterocycles. The van der Waals surface area contributed by atoms with Crippen LogP contribution in [0.15, 0.2) is 40.9 Å². The van der Waals surface area contributed by atoms with Gasteiger partial charge in [0.2, 0.25) is 6.10 Å². The summed E-state index contributed by atoms with van der Waals surface area (Å²) in [6, 6.07) is 10.7. The Morgan fingerprint density at radius 3 is 2.56 bits per heavy atom. The minimum Gasteiger partial charge on any atom is -0.472 e. The van der Waals surface area contributed by atoms with Crippen molar-refractivity contribution in [2.45, 2.75) is 58.2 Å². The number of rotatable bonds is 11. The number of halogens is 1. The van der Waals surface area contributed by atoms with Crippen LogP contribution in [0.2, 0.25) is 5.02 Å². The Balaban J connectivity index is 1.69. The predicted octanol–water partition coefficient (Wildman–Crippen LogP) is 4.61. The van der Waals surface area contributed by atoms with Gasteiger partial charge >= 0.3 is 5.97 Å². The van der Waals surface area contributed by atoms with Crippen LogP contribution in [0.1, 0.15) is 56.0 Å². The molecule has 8 nitrogen and oxygen atoms in total. The molecule has 0 radical (unpaired) electrons. The van der Waals surface area contributed by atoms with Crippen molar-refractivity contribution < 1.29 is 23.6 Å². The van der Waals surface area contributed by atoms with E-state index in [-0.39, 0.29) is 6.54 Å². The van der Waals surface area contributed by atoms with E-state index in [4.69, 9.17) is 31.3 Å². The Morgan fingerprint density at radius 2 is 1.92 bits per heavy atom. The number of likely N-dealkylation sites (tertiary alicyclic amines) is 1. The molecule has 0 bridgehead atoms. The highest BCUT2D eigenvalue weighted by atomic mass is 35.5. The standard InChI is InChI=1S/C27H32ClN3O5/c1-3-10-18-24-19(21(4-2)30-36-24)15-20(28)25(18)35-23(17-11-6-5-7-12-17)27(33)34-22(26(29)32)16-31-13-8-9-14-31/h5-7,11-12,15,22-23H,3-4,8-10,13-14,16H2,1-2H3,(H2,29,32)/t22-,23?/m1/s1. The van der Waals surface area contributed by atoms with E-state index in [2.05, 4.69) is 10.1 Å². The maximum atomic E-state index is 13.5. The van der Waals surface area contributed by atoms with Gasteiger partial charge in [0, 0.05) is 23.1 Å². The quantitative estimate of drug-likeness (QED) is 0.373. The summed E-state index contributed by atoms with van der Waals surface area (Å²) in [7, 11) is 0. The molecule has 0 aliphatic carbocycles. The summed E-state index contributed by atoms with van der Waals surface area (Å²) in [4.78, 5) is 27.7. The van der Waals surface area contributed by atoms with Crippen LogP contribution >= 0.6 is 11.6 Å². The van der Waals surface area contributed by atoms with Gasteiger partial charge in [-0.15, -0.1) is 0 Å². The van der Waals surface area contributed by atoms with E-state index in [0.29, 0.717) is 34.8 Å². The molecule has 1 aliphatic rings. The van der Waals surface area contributed by atoms with Gasteiger partial charge in [0.15, 0.2) is 11.7 Å². The molecule has 2 atom stereocenters. The zero-order valence-corrected chi connectivity index (χ0v) is 21.4. The molecule has 1 aliphatic heterocycles. The third kappa shape index (κ3) is 5.65. The molecule has 1 unspecified atom stereocenters. The highest BCUT2D eigenvalue weighted by Gasteiger charge is 2.33. The average Bonchev–Trinajstić information content (AvgIpc) is 3.53. The maximum Gasteiger partial charge on any atom is 0.352 e. The van der Waals surface area contributed by atoms with Crippen LogP contribution < -0.4 is 10.5 Å². The molecule has 0 saturated carbocycles. The van der Waals surface area contributed by atoms with Crippen molar-refractivity contribution in [3.05, 3.63) is 58.2 Å². The second-order valence-corrected chi connectivity index (χ2v) is 9.43. The average molecular weight is 514 g/mol. The Morgan fingerprint density at radius 1 is 1.19 bits per heavy atom. The number of primary amides is 1. The van der Waals surface area contributed by atoms with Crippen molar-refractivity contribution >= 4 is 34.4 Å². The minimum atomic E-state index is -1.16. The van der Waals surface area contributed by atoms with Crippen LogP contribution in [0, 0.1) is 0 Å². The first-order valence-electron chi connectivity index (χ1n) is 12.5. The Bertz CT molecular complexity index is 1210. The molecule has 1 amide bonds. The smallest absolute Gasteiger partial charge is 0.352 e. The van der Waals surface area contributed by atoms with Crippen molar-refractivity contribution in [2.75, 3.05) is 19.6 Å². The van der Waals surface area contributed by atoms with Crippen molar-refractivity contribution in [2.24, 2.45) is 5.73 Å². The minimum absolute atomic E-state index is 0.258. The van der Waals surface area contributed by atoms with Crippen LogP contribution in [-0.2, 0) is 27.2 Å².